The first-order valence-corrected chi connectivity index (χ1v) is 25.0. The number of halogens is 3. The highest BCUT2D eigenvalue weighted by atomic mass is 35.5. The van der Waals surface area contributed by atoms with Gasteiger partial charge in [0.15, 0.2) is 0 Å². The molecule has 8 rings (SSSR count). The molecule has 1 atom stereocenters. The summed E-state index contributed by atoms with van der Waals surface area (Å²) in [5, 5.41) is 0.955. The zero-order valence-electron chi connectivity index (χ0n) is 41.9. The predicted molar refractivity (Wildman–Crippen MR) is 294 cm³/mol. The van der Waals surface area contributed by atoms with E-state index in [0.29, 0.717) is 82.8 Å². The van der Waals surface area contributed by atoms with E-state index in [-0.39, 0.29) is 0 Å². The number of likely N-dealkylation sites (N-methyl/N-ethyl adjacent to an activating group) is 4. The minimum atomic E-state index is -1.62. The standard InChI is InChI=1S/C57H61Cl3N8O4/c1-64(2)32-36-69-44-24-16-40(17-25-44)52-53(41-18-26-46(27-19-41)72-39-35-67(7)60)63-57(62-52,49-13-9-11-15-51(49)59)68-55(43-22-30-47(31-23-43)71-38-34-66(5)6)54(61-56(68)48-12-8-10-14-50(48)58)42-20-28-45(29-21-42)70-37-33-65(3)4/h8-31H,32-39H2,1-7H3. The van der Waals surface area contributed by atoms with E-state index in [9.17, 15) is 0 Å². The molecular formula is C57H61Cl3N8O4. The second kappa shape index (κ2) is 24.0. The fourth-order valence-electron chi connectivity index (χ4n) is 8.10. The van der Waals surface area contributed by atoms with Crippen LogP contribution in [0.15, 0.2) is 156 Å². The highest BCUT2D eigenvalue weighted by molar-refractivity contribution is 6.54. The molecule has 0 aliphatic carbocycles. The molecule has 15 heteroatoms. The Morgan fingerprint density at radius 3 is 1.26 bits per heavy atom. The molecule has 1 aromatic heterocycles. The molecule has 1 unspecified atom stereocenters. The molecule has 0 bridgehead atoms. The van der Waals surface area contributed by atoms with Gasteiger partial charge >= 0.3 is 0 Å². The Labute approximate surface area is 438 Å². The van der Waals surface area contributed by atoms with Crippen molar-refractivity contribution in [2.45, 2.75) is 5.79 Å². The number of aromatic nitrogens is 2. The third-order valence-electron chi connectivity index (χ3n) is 11.9. The Kier molecular flexibility index (Phi) is 17.4. The summed E-state index contributed by atoms with van der Waals surface area (Å²) in [4.78, 5) is 23.6. The van der Waals surface area contributed by atoms with E-state index in [4.69, 9.17) is 68.9 Å². The molecule has 12 nitrogen and oxygen atoms in total. The molecule has 374 valence electrons. The number of hydrogen-bond acceptors (Lipinski definition) is 11. The summed E-state index contributed by atoms with van der Waals surface area (Å²) in [6.45, 7) is 4.89. The van der Waals surface area contributed by atoms with Crippen LogP contribution in [0.5, 0.6) is 23.0 Å². The van der Waals surface area contributed by atoms with Crippen LogP contribution < -0.4 is 18.9 Å². The maximum Gasteiger partial charge on any atom is 0.263 e. The number of hydrogen-bond donors (Lipinski definition) is 0. The lowest BCUT2D eigenvalue weighted by Gasteiger charge is -2.30. The Morgan fingerprint density at radius 1 is 0.458 bits per heavy atom. The highest BCUT2D eigenvalue weighted by Crippen LogP contribution is 2.49. The predicted octanol–water partition coefficient (Wildman–Crippen LogP) is 11.1. The maximum absolute atomic E-state index is 7.45. The van der Waals surface area contributed by atoms with Gasteiger partial charge in [0.05, 0.1) is 32.9 Å². The summed E-state index contributed by atoms with van der Waals surface area (Å²) in [7, 11) is 13.9. The van der Waals surface area contributed by atoms with Gasteiger partial charge in [-0.05, 0) is 169 Å². The summed E-state index contributed by atoms with van der Waals surface area (Å²) < 4.78 is 28.3. The number of benzene rings is 6. The molecule has 0 spiro atoms. The third kappa shape index (κ3) is 12.5. The number of aliphatic imine (C=N–C) groups is 2. The first-order valence-electron chi connectivity index (χ1n) is 23.9. The average molecular weight is 1030 g/mol. The number of rotatable bonds is 23. The molecule has 0 amide bonds. The van der Waals surface area contributed by atoms with E-state index >= 15 is 0 Å². The van der Waals surface area contributed by atoms with Crippen LogP contribution in [0, 0.1) is 0 Å². The molecule has 0 fully saturated rings. The van der Waals surface area contributed by atoms with Crippen molar-refractivity contribution in [2.24, 2.45) is 9.98 Å². The summed E-state index contributed by atoms with van der Waals surface area (Å²) in [6, 6.07) is 47.4. The summed E-state index contributed by atoms with van der Waals surface area (Å²) in [5.74, 6) is 1.82. The number of nitrogens with zero attached hydrogens (tertiary/aromatic N) is 8. The van der Waals surface area contributed by atoms with E-state index in [1.54, 1.807) is 11.5 Å². The zero-order valence-corrected chi connectivity index (χ0v) is 44.1. The molecule has 1 aliphatic heterocycles. The Hall–Kier alpha value is -6.22. The van der Waals surface area contributed by atoms with Crippen molar-refractivity contribution in [1.29, 1.82) is 0 Å². The minimum absolute atomic E-state index is 0.414. The number of ether oxygens (including phenoxy) is 4. The van der Waals surface area contributed by atoms with Gasteiger partial charge in [0.1, 0.15) is 55.2 Å². The van der Waals surface area contributed by atoms with Gasteiger partial charge in [-0.1, -0.05) is 53.5 Å². The van der Waals surface area contributed by atoms with E-state index in [1.165, 1.54) is 0 Å². The van der Waals surface area contributed by atoms with Crippen molar-refractivity contribution in [3.63, 3.8) is 0 Å². The molecule has 72 heavy (non-hydrogen) atoms. The molecule has 0 saturated carbocycles. The fraction of sp³-hybridized carbons (Fsp3) is 0.281. The normalized spacial score (nSPS) is 14.6. The lowest BCUT2D eigenvalue weighted by Crippen LogP contribution is -2.31. The van der Waals surface area contributed by atoms with Crippen molar-refractivity contribution in [1.82, 2.24) is 28.7 Å². The zero-order chi connectivity index (χ0) is 50.8. The second-order valence-electron chi connectivity index (χ2n) is 18.2. The van der Waals surface area contributed by atoms with Crippen LogP contribution in [0.3, 0.4) is 0 Å². The minimum Gasteiger partial charge on any atom is -0.492 e. The topological polar surface area (TPSA) is 92.4 Å². The first kappa shape index (κ1) is 52.1. The lowest BCUT2D eigenvalue weighted by molar-refractivity contribution is 0.261. The van der Waals surface area contributed by atoms with Crippen molar-refractivity contribution >= 4 is 46.4 Å². The molecular weight excluding hydrogens is 967 g/mol. The second-order valence-corrected chi connectivity index (χ2v) is 19.6. The monoisotopic (exact) mass is 1030 g/mol. The van der Waals surface area contributed by atoms with Crippen molar-refractivity contribution in [3.05, 3.63) is 172 Å². The van der Waals surface area contributed by atoms with Gasteiger partial charge in [-0.25, -0.2) is 19.4 Å². The Bertz CT molecular complexity index is 2880. The lowest BCUT2D eigenvalue weighted by atomic mass is 10.00. The van der Waals surface area contributed by atoms with Crippen LogP contribution in [0.2, 0.25) is 10.0 Å². The smallest absolute Gasteiger partial charge is 0.263 e. The molecule has 0 N–H and O–H groups in total. The van der Waals surface area contributed by atoms with E-state index < -0.39 is 5.79 Å². The van der Waals surface area contributed by atoms with Crippen LogP contribution in [0.1, 0.15) is 16.7 Å². The van der Waals surface area contributed by atoms with Crippen LogP contribution in [0.25, 0.3) is 33.9 Å². The molecule has 1 aliphatic rings. The summed E-state index contributed by atoms with van der Waals surface area (Å²) >= 11 is 20.8. The Balaban J connectivity index is 1.41. The van der Waals surface area contributed by atoms with Gasteiger partial charge in [0.2, 0.25) is 0 Å². The van der Waals surface area contributed by atoms with Gasteiger partial charge in [-0.3, -0.25) is 4.57 Å². The Morgan fingerprint density at radius 2 is 0.847 bits per heavy atom. The number of imidazole rings is 1. The van der Waals surface area contributed by atoms with Gasteiger partial charge in [0, 0.05) is 66.6 Å². The van der Waals surface area contributed by atoms with E-state index in [2.05, 4.69) is 31.4 Å². The quantitative estimate of drug-likeness (QED) is 0.0581. The molecule has 2 heterocycles. The van der Waals surface area contributed by atoms with Gasteiger partial charge in [0.25, 0.3) is 5.79 Å². The average Bonchev–Trinajstić information content (AvgIpc) is 3.96. The molecule has 7 aromatic rings. The largest absolute Gasteiger partial charge is 0.492 e. The van der Waals surface area contributed by atoms with E-state index in [1.807, 2.05) is 176 Å². The van der Waals surface area contributed by atoms with Crippen molar-refractivity contribution in [3.8, 4) is 56.9 Å². The van der Waals surface area contributed by atoms with Gasteiger partial charge in [-0.15, -0.1) is 0 Å². The summed E-state index contributed by atoms with van der Waals surface area (Å²) in [5.41, 5.74) is 7.23. The molecule has 6 aromatic carbocycles. The molecule has 0 radical (unpaired) electrons. The fourth-order valence-corrected chi connectivity index (χ4v) is 8.65. The van der Waals surface area contributed by atoms with Crippen LogP contribution in [-0.4, -0.2) is 142 Å². The maximum atomic E-state index is 7.45. The summed E-state index contributed by atoms with van der Waals surface area (Å²) in [6.07, 6.45) is 0. The van der Waals surface area contributed by atoms with Crippen LogP contribution in [-0.2, 0) is 5.79 Å². The molecule has 0 saturated heterocycles. The van der Waals surface area contributed by atoms with Crippen molar-refractivity contribution < 1.29 is 18.9 Å². The van der Waals surface area contributed by atoms with Crippen LogP contribution >= 0.6 is 35.0 Å². The first-order chi connectivity index (χ1) is 34.8. The van der Waals surface area contributed by atoms with Gasteiger partial charge in [-0.2, -0.15) is 0 Å². The SMILES string of the molecule is CN(C)CCOc1ccc(C2=NC(c3ccccc3Cl)(n3c(-c4ccccc4Cl)nc(-c4ccc(OCCN(C)C)cc4)c3-c3ccc(OCCN(C)C)cc3)N=C2c2ccc(OCCN(C)Cl)cc2)cc1. The van der Waals surface area contributed by atoms with E-state index in [0.717, 1.165) is 64.8 Å². The van der Waals surface area contributed by atoms with Gasteiger partial charge < -0.3 is 33.6 Å². The van der Waals surface area contributed by atoms with Crippen molar-refractivity contribution in [2.75, 3.05) is 102 Å². The van der Waals surface area contributed by atoms with Crippen LogP contribution in [0.4, 0.5) is 0 Å². The third-order valence-corrected chi connectivity index (χ3v) is 12.7. The highest BCUT2D eigenvalue weighted by Gasteiger charge is 2.46.